The summed E-state index contributed by atoms with van der Waals surface area (Å²) in [6, 6.07) is 16.9. The number of likely N-dealkylation sites (N-methyl/N-ethyl adjacent to an activating group) is 1. The van der Waals surface area contributed by atoms with E-state index in [0.29, 0.717) is 18.0 Å². The van der Waals surface area contributed by atoms with Gasteiger partial charge < -0.3 is 15.1 Å². The van der Waals surface area contributed by atoms with Gasteiger partial charge in [0.1, 0.15) is 5.69 Å². The number of piperazine rings is 1. The van der Waals surface area contributed by atoms with Crippen molar-refractivity contribution < 1.29 is 4.79 Å². The van der Waals surface area contributed by atoms with Crippen LogP contribution in [-0.2, 0) is 19.5 Å². The number of benzene rings is 2. The first-order valence-electron chi connectivity index (χ1n) is 17.2. The number of pyridine rings is 1. The first-order chi connectivity index (χ1) is 23.6. The number of nitrogens with one attached hydrogen (secondary N) is 1. The molecule has 3 aromatic heterocycles. The third-order valence-electron chi connectivity index (χ3n) is 9.53. The van der Waals surface area contributed by atoms with Gasteiger partial charge in [0.15, 0.2) is 11.4 Å². The molecule has 5 aromatic rings. The number of carbonyl (C=O) groups excluding carboxylic acids is 1. The lowest BCUT2D eigenvalue weighted by Crippen LogP contribution is -2.49. The van der Waals surface area contributed by atoms with Crippen LogP contribution in [0.25, 0.3) is 5.65 Å². The van der Waals surface area contributed by atoms with E-state index in [1.165, 1.54) is 11.1 Å². The topological polar surface area (TPSA) is 73.9 Å². The second-order valence-corrected chi connectivity index (χ2v) is 13.7. The molecule has 0 spiro atoms. The van der Waals surface area contributed by atoms with Crippen LogP contribution in [0.1, 0.15) is 57.2 Å². The van der Waals surface area contributed by atoms with E-state index < -0.39 is 0 Å². The van der Waals surface area contributed by atoms with Gasteiger partial charge in [-0.25, -0.2) is 4.98 Å². The van der Waals surface area contributed by atoms with Crippen molar-refractivity contribution in [2.75, 3.05) is 52.6 Å². The van der Waals surface area contributed by atoms with Crippen LogP contribution >= 0.6 is 0 Å². The van der Waals surface area contributed by atoms with Crippen molar-refractivity contribution >= 4 is 22.8 Å². The molecular weight excluding hydrogens is 608 g/mol. The highest BCUT2D eigenvalue weighted by molar-refractivity contribution is 5.98. The highest BCUT2D eigenvalue weighted by Gasteiger charge is 2.21. The average molecular weight is 657 g/mol. The Morgan fingerprint density at radius 2 is 1.90 bits per heavy atom. The molecular formula is C40H48N8O. The lowest BCUT2D eigenvalue weighted by Gasteiger charge is -2.37. The Bertz CT molecular complexity index is 1990. The highest BCUT2D eigenvalue weighted by Crippen LogP contribution is 2.22. The number of fused-ring (bicyclic) bond motifs is 1. The summed E-state index contributed by atoms with van der Waals surface area (Å²) in [6.07, 6.45) is 9.01. The summed E-state index contributed by atoms with van der Waals surface area (Å²) in [7, 11) is 6.36. The summed E-state index contributed by atoms with van der Waals surface area (Å²) in [6.45, 7) is 12.6. The van der Waals surface area contributed by atoms with Crippen molar-refractivity contribution in [3.8, 4) is 11.8 Å². The Hall–Kier alpha value is -4.75. The van der Waals surface area contributed by atoms with Crippen molar-refractivity contribution in [3.05, 3.63) is 112 Å². The zero-order valence-corrected chi connectivity index (χ0v) is 29.7. The van der Waals surface area contributed by atoms with Crippen LogP contribution in [0.15, 0.2) is 73.3 Å². The SMILES string of the molecule is Cc1ccc(C(=O)Cc2ccc(CN3CCN(C)[C@H](C)C3)c(C)c2)cc1C#Cc1cnc2c(Nc3cnn(CCCN(C)C)c3)cccn12. The first-order valence-corrected chi connectivity index (χ1v) is 17.2. The van der Waals surface area contributed by atoms with Crippen LogP contribution in [0.4, 0.5) is 11.4 Å². The fourth-order valence-corrected chi connectivity index (χ4v) is 6.36. The number of anilines is 2. The van der Waals surface area contributed by atoms with Crippen molar-refractivity contribution in [1.29, 1.82) is 0 Å². The van der Waals surface area contributed by atoms with E-state index in [1.54, 1.807) is 6.20 Å². The van der Waals surface area contributed by atoms with Gasteiger partial charge >= 0.3 is 0 Å². The molecule has 9 nitrogen and oxygen atoms in total. The third kappa shape index (κ3) is 8.46. The molecule has 6 rings (SSSR count). The van der Waals surface area contributed by atoms with Gasteiger partial charge in [-0.3, -0.25) is 18.8 Å². The summed E-state index contributed by atoms with van der Waals surface area (Å²) in [5.74, 6) is 6.72. The van der Waals surface area contributed by atoms with E-state index in [9.17, 15) is 4.79 Å². The number of imidazole rings is 1. The van der Waals surface area contributed by atoms with Crippen LogP contribution in [0, 0.1) is 25.7 Å². The Labute approximate surface area is 290 Å². The lowest BCUT2D eigenvalue weighted by atomic mass is 9.96. The molecule has 1 aliphatic rings. The number of nitrogens with zero attached hydrogens (tertiary/aromatic N) is 7. The fourth-order valence-electron chi connectivity index (χ4n) is 6.36. The van der Waals surface area contributed by atoms with E-state index in [1.807, 2.05) is 64.9 Å². The number of ketones is 1. The van der Waals surface area contributed by atoms with Crippen molar-refractivity contribution in [1.82, 2.24) is 33.9 Å². The van der Waals surface area contributed by atoms with E-state index in [4.69, 9.17) is 0 Å². The summed E-state index contributed by atoms with van der Waals surface area (Å²) in [5.41, 5.74) is 9.51. The summed E-state index contributed by atoms with van der Waals surface area (Å²) in [5, 5.41) is 7.96. The summed E-state index contributed by atoms with van der Waals surface area (Å²) >= 11 is 0. The highest BCUT2D eigenvalue weighted by atomic mass is 16.1. The van der Waals surface area contributed by atoms with Crippen LogP contribution in [0.2, 0.25) is 0 Å². The predicted octanol–water partition coefficient (Wildman–Crippen LogP) is 5.80. The standard InChI is InChI=1S/C40H48N8O/c1-29-10-12-34(39(49)22-32-11-13-35(30(2)21-32)27-46-20-19-45(6)31(3)26-46)23-33(29)14-15-37-25-41-40-38(9-7-18-48(37)40)43-36-24-42-47(28-36)17-8-16-44(4)5/h7,9-13,18,21,23-25,28,31,43H,8,16-17,19-20,22,26-27H2,1-6H3/t31-/m1/s1. The molecule has 0 bridgehead atoms. The van der Waals surface area contributed by atoms with Gasteiger partial charge in [-0.2, -0.15) is 5.10 Å². The number of aryl methyl sites for hydroxylation is 3. The van der Waals surface area contributed by atoms with Crippen molar-refractivity contribution in [3.63, 3.8) is 0 Å². The summed E-state index contributed by atoms with van der Waals surface area (Å²) in [4.78, 5) is 25.2. The zero-order valence-electron chi connectivity index (χ0n) is 29.7. The maximum absolute atomic E-state index is 13.4. The second-order valence-electron chi connectivity index (χ2n) is 13.7. The van der Waals surface area contributed by atoms with Gasteiger partial charge in [-0.15, -0.1) is 0 Å². The Balaban J connectivity index is 1.12. The Kier molecular flexibility index (Phi) is 10.6. The molecule has 1 aliphatic heterocycles. The molecule has 0 amide bonds. The van der Waals surface area contributed by atoms with Gasteiger partial charge in [0.2, 0.25) is 0 Å². The number of hydrogen-bond donors (Lipinski definition) is 1. The van der Waals surface area contributed by atoms with Crippen molar-refractivity contribution in [2.24, 2.45) is 0 Å². The van der Waals surface area contributed by atoms with E-state index in [2.05, 4.69) is 95.1 Å². The molecule has 0 radical (unpaired) electrons. The molecule has 1 fully saturated rings. The monoisotopic (exact) mass is 656 g/mol. The molecule has 0 aliphatic carbocycles. The molecule has 1 saturated heterocycles. The average Bonchev–Trinajstić information content (AvgIpc) is 3.70. The predicted molar refractivity (Wildman–Crippen MR) is 198 cm³/mol. The smallest absolute Gasteiger partial charge is 0.167 e. The Morgan fingerprint density at radius 1 is 1.04 bits per heavy atom. The largest absolute Gasteiger partial charge is 0.350 e. The zero-order chi connectivity index (χ0) is 34.5. The minimum Gasteiger partial charge on any atom is -0.350 e. The second kappa shape index (κ2) is 15.2. The van der Waals surface area contributed by atoms with Crippen LogP contribution in [0.3, 0.4) is 0 Å². The van der Waals surface area contributed by atoms with Crippen LogP contribution in [-0.4, -0.2) is 93.0 Å². The number of carbonyl (C=O) groups is 1. The molecule has 4 heterocycles. The van der Waals surface area contributed by atoms with Gasteiger partial charge in [0.25, 0.3) is 0 Å². The molecule has 1 N–H and O–H groups in total. The number of aromatic nitrogens is 4. The van der Waals surface area contributed by atoms with E-state index in [-0.39, 0.29) is 5.78 Å². The number of hydrogen-bond acceptors (Lipinski definition) is 7. The van der Waals surface area contributed by atoms with E-state index >= 15 is 0 Å². The fraction of sp³-hybridized carbons (Fsp3) is 0.375. The van der Waals surface area contributed by atoms with Crippen molar-refractivity contribution in [2.45, 2.75) is 52.7 Å². The van der Waals surface area contributed by atoms with Crippen LogP contribution < -0.4 is 5.32 Å². The van der Waals surface area contributed by atoms with Gasteiger partial charge in [-0.05, 0) is 101 Å². The minimum absolute atomic E-state index is 0.0923. The van der Waals surface area contributed by atoms with E-state index in [0.717, 1.165) is 85.1 Å². The summed E-state index contributed by atoms with van der Waals surface area (Å²) < 4.78 is 3.94. The quantitative estimate of drug-likeness (QED) is 0.142. The molecule has 254 valence electrons. The number of rotatable bonds is 11. The molecule has 2 aromatic carbocycles. The number of Topliss-reactive ketones (excluding diaryl/α,β-unsaturated/α-hetero) is 1. The minimum atomic E-state index is 0.0923. The molecule has 9 heteroatoms. The third-order valence-corrected chi connectivity index (χ3v) is 9.53. The maximum Gasteiger partial charge on any atom is 0.167 e. The normalized spacial score (nSPS) is 15.4. The van der Waals surface area contributed by atoms with Crippen LogP contribution in [0.5, 0.6) is 0 Å². The molecule has 0 saturated carbocycles. The lowest BCUT2D eigenvalue weighted by molar-refractivity contribution is 0.0991. The van der Waals surface area contributed by atoms with Gasteiger partial charge in [0, 0.05) is 68.7 Å². The Morgan fingerprint density at radius 3 is 2.69 bits per heavy atom. The van der Waals surface area contributed by atoms with Gasteiger partial charge in [-0.1, -0.05) is 36.3 Å². The first kappa shape index (κ1) is 34.1. The maximum atomic E-state index is 13.4. The van der Waals surface area contributed by atoms with Gasteiger partial charge in [0.05, 0.1) is 23.8 Å². The molecule has 0 unspecified atom stereocenters. The molecule has 1 atom stereocenters. The molecule has 49 heavy (non-hydrogen) atoms.